The number of nitro groups is 1. The van der Waals surface area contributed by atoms with Crippen molar-refractivity contribution in [2.24, 2.45) is 0 Å². The van der Waals surface area contributed by atoms with Crippen molar-refractivity contribution in [1.82, 2.24) is 9.78 Å². The first kappa shape index (κ1) is 12.9. The molecule has 0 radical (unpaired) electrons. The second-order valence-corrected chi connectivity index (χ2v) is 3.56. The molecule has 0 spiro atoms. The normalized spacial score (nSPS) is 12.2. The Morgan fingerprint density at radius 3 is 2.71 bits per heavy atom. The van der Waals surface area contributed by atoms with Gasteiger partial charge in [0, 0.05) is 6.54 Å². The van der Waals surface area contributed by atoms with E-state index in [0.29, 0.717) is 6.54 Å². The summed E-state index contributed by atoms with van der Waals surface area (Å²) >= 11 is 0. The number of carboxylic acid groups (broad SMARTS) is 1. The lowest BCUT2D eigenvalue weighted by molar-refractivity contribution is -0.384. The summed E-state index contributed by atoms with van der Waals surface area (Å²) in [5.41, 5.74) is 0.0805. The fourth-order valence-corrected chi connectivity index (χ4v) is 1.43. The number of aryl methyl sites for hydroxylation is 2. The molecule has 0 amide bonds. The van der Waals surface area contributed by atoms with E-state index in [4.69, 9.17) is 5.11 Å². The van der Waals surface area contributed by atoms with Crippen LogP contribution in [-0.4, -0.2) is 31.8 Å². The zero-order valence-corrected chi connectivity index (χ0v) is 9.80. The lowest BCUT2D eigenvalue weighted by Gasteiger charge is -2.10. The minimum Gasteiger partial charge on any atom is -0.480 e. The molecule has 1 unspecified atom stereocenters. The maximum Gasteiger partial charge on any atom is 0.333 e. The zero-order valence-electron chi connectivity index (χ0n) is 9.80. The number of hydrogen-bond donors (Lipinski definition) is 2. The van der Waals surface area contributed by atoms with Crippen LogP contribution in [0.1, 0.15) is 19.5 Å². The number of nitrogens with one attached hydrogen (secondary N) is 1. The number of nitrogens with zero attached hydrogens (tertiary/aromatic N) is 3. The van der Waals surface area contributed by atoms with E-state index < -0.39 is 16.9 Å². The number of aliphatic carboxylic acids is 1. The zero-order chi connectivity index (χ0) is 13.2. The molecule has 1 aromatic heterocycles. The summed E-state index contributed by atoms with van der Waals surface area (Å²) < 4.78 is 1.38. The van der Waals surface area contributed by atoms with Crippen LogP contribution in [0.3, 0.4) is 0 Å². The number of aromatic nitrogens is 2. The van der Waals surface area contributed by atoms with Crippen molar-refractivity contribution in [2.45, 2.75) is 33.4 Å². The lowest BCUT2D eigenvalue weighted by atomic mass is 10.3. The Balaban J connectivity index is 3.19. The average molecular weight is 242 g/mol. The molecule has 8 heteroatoms. The van der Waals surface area contributed by atoms with Gasteiger partial charge in [0.2, 0.25) is 5.82 Å². The maximum absolute atomic E-state index is 10.9. The summed E-state index contributed by atoms with van der Waals surface area (Å²) in [4.78, 5) is 21.1. The summed E-state index contributed by atoms with van der Waals surface area (Å²) in [5, 5.41) is 26.2. The van der Waals surface area contributed by atoms with Crippen LogP contribution in [0.25, 0.3) is 0 Å². The van der Waals surface area contributed by atoms with Gasteiger partial charge in [-0.25, -0.2) is 4.68 Å². The highest BCUT2D eigenvalue weighted by Gasteiger charge is 2.27. The van der Waals surface area contributed by atoms with Gasteiger partial charge in [-0.2, -0.15) is 5.10 Å². The molecule has 1 aromatic rings. The van der Waals surface area contributed by atoms with Gasteiger partial charge < -0.3 is 10.4 Å². The Labute approximate surface area is 97.4 Å². The number of carboxylic acids is 1. The topological polar surface area (TPSA) is 110 Å². The molecule has 2 N–H and O–H groups in total. The van der Waals surface area contributed by atoms with Crippen molar-refractivity contribution in [2.75, 3.05) is 5.32 Å². The summed E-state index contributed by atoms with van der Waals surface area (Å²) in [6.07, 6.45) is 0. The third kappa shape index (κ3) is 2.52. The highest BCUT2D eigenvalue weighted by atomic mass is 16.6. The third-order valence-corrected chi connectivity index (χ3v) is 2.30. The molecule has 0 aliphatic heterocycles. The Morgan fingerprint density at radius 2 is 2.29 bits per heavy atom. The standard InChI is InChI=1S/C9H14N4O4/c1-4-12-8(10-6(3)9(14)15)7(13(16)17)5(2)11-12/h6,10H,4H2,1-3H3,(H,14,15). The molecular weight excluding hydrogens is 228 g/mol. The highest BCUT2D eigenvalue weighted by molar-refractivity contribution is 5.77. The fourth-order valence-electron chi connectivity index (χ4n) is 1.43. The van der Waals surface area contributed by atoms with Crippen molar-refractivity contribution in [1.29, 1.82) is 0 Å². The van der Waals surface area contributed by atoms with Gasteiger partial charge in [0.15, 0.2) is 0 Å². The van der Waals surface area contributed by atoms with Gasteiger partial charge in [-0.1, -0.05) is 0 Å². The summed E-state index contributed by atoms with van der Waals surface area (Å²) in [7, 11) is 0. The molecule has 0 saturated heterocycles. The number of anilines is 1. The highest BCUT2D eigenvalue weighted by Crippen LogP contribution is 2.28. The number of hydrogen-bond acceptors (Lipinski definition) is 5. The van der Waals surface area contributed by atoms with Crippen molar-refractivity contribution in [3.05, 3.63) is 15.8 Å². The average Bonchev–Trinajstić information content (AvgIpc) is 2.54. The molecule has 1 atom stereocenters. The molecule has 0 saturated carbocycles. The van der Waals surface area contributed by atoms with E-state index in [0.717, 1.165) is 0 Å². The Bertz CT molecular complexity index is 454. The summed E-state index contributed by atoms with van der Waals surface area (Å²) in [6.45, 7) is 5.12. The SMILES string of the molecule is CCn1nc(C)c([N+](=O)[O-])c1NC(C)C(=O)O. The molecule has 94 valence electrons. The van der Waals surface area contributed by atoms with Gasteiger partial charge in [-0.15, -0.1) is 0 Å². The first-order valence-corrected chi connectivity index (χ1v) is 5.09. The van der Waals surface area contributed by atoms with Gasteiger partial charge in [0.1, 0.15) is 11.7 Å². The van der Waals surface area contributed by atoms with Gasteiger partial charge in [-0.05, 0) is 20.8 Å². The van der Waals surface area contributed by atoms with E-state index >= 15 is 0 Å². The molecule has 0 fully saturated rings. The molecular formula is C9H14N4O4. The van der Waals surface area contributed by atoms with E-state index in [2.05, 4.69) is 10.4 Å². The monoisotopic (exact) mass is 242 g/mol. The summed E-state index contributed by atoms with van der Waals surface area (Å²) in [5.74, 6) is -0.953. The van der Waals surface area contributed by atoms with Crippen LogP contribution in [0, 0.1) is 17.0 Å². The first-order chi connectivity index (χ1) is 7.88. The van der Waals surface area contributed by atoms with Crippen LogP contribution in [0.2, 0.25) is 0 Å². The molecule has 0 bridgehead atoms. The van der Waals surface area contributed by atoms with Crippen molar-refractivity contribution < 1.29 is 14.8 Å². The van der Waals surface area contributed by atoms with E-state index in [1.165, 1.54) is 18.5 Å². The van der Waals surface area contributed by atoms with Gasteiger partial charge in [0.25, 0.3) is 0 Å². The van der Waals surface area contributed by atoms with Gasteiger partial charge in [0.05, 0.1) is 4.92 Å². The number of rotatable bonds is 5. The molecule has 0 aliphatic carbocycles. The largest absolute Gasteiger partial charge is 0.480 e. The Kier molecular flexibility index (Phi) is 3.66. The van der Waals surface area contributed by atoms with Gasteiger partial charge in [-0.3, -0.25) is 14.9 Å². The van der Waals surface area contributed by atoms with Crippen LogP contribution < -0.4 is 5.32 Å². The van der Waals surface area contributed by atoms with Crippen LogP contribution >= 0.6 is 0 Å². The minimum atomic E-state index is -1.08. The second-order valence-electron chi connectivity index (χ2n) is 3.56. The Morgan fingerprint density at radius 1 is 1.71 bits per heavy atom. The molecule has 8 nitrogen and oxygen atoms in total. The van der Waals surface area contributed by atoms with E-state index in [1.54, 1.807) is 6.92 Å². The molecule has 1 heterocycles. The smallest absolute Gasteiger partial charge is 0.333 e. The van der Waals surface area contributed by atoms with E-state index in [-0.39, 0.29) is 17.2 Å². The first-order valence-electron chi connectivity index (χ1n) is 5.09. The van der Waals surface area contributed by atoms with Crippen molar-refractivity contribution >= 4 is 17.5 Å². The second kappa shape index (κ2) is 4.81. The third-order valence-electron chi connectivity index (χ3n) is 2.30. The van der Waals surface area contributed by atoms with Crippen molar-refractivity contribution in [3.63, 3.8) is 0 Å². The molecule has 0 aromatic carbocycles. The lowest BCUT2D eigenvalue weighted by Crippen LogP contribution is -2.27. The van der Waals surface area contributed by atoms with Crippen LogP contribution in [0.5, 0.6) is 0 Å². The minimum absolute atomic E-state index is 0.130. The van der Waals surface area contributed by atoms with Crippen molar-refractivity contribution in [3.8, 4) is 0 Å². The number of carbonyl (C=O) groups is 1. The maximum atomic E-state index is 10.9. The fraction of sp³-hybridized carbons (Fsp3) is 0.556. The Hall–Kier alpha value is -2.12. The summed E-state index contributed by atoms with van der Waals surface area (Å²) in [6, 6.07) is -0.921. The predicted molar refractivity (Wildman–Crippen MR) is 60.0 cm³/mol. The van der Waals surface area contributed by atoms with E-state index in [9.17, 15) is 14.9 Å². The molecule has 17 heavy (non-hydrogen) atoms. The predicted octanol–water partition coefficient (Wildman–Crippen LogP) is 1.00. The quantitative estimate of drug-likeness (QED) is 0.588. The molecule has 0 aliphatic rings. The van der Waals surface area contributed by atoms with Crippen LogP contribution in [0.15, 0.2) is 0 Å². The van der Waals surface area contributed by atoms with Crippen LogP contribution in [-0.2, 0) is 11.3 Å². The van der Waals surface area contributed by atoms with E-state index in [1.807, 2.05) is 0 Å². The molecule has 1 rings (SSSR count). The van der Waals surface area contributed by atoms with Gasteiger partial charge >= 0.3 is 11.7 Å². The van der Waals surface area contributed by atoms with Crippen LogP contribution in [0.4, 0.5) is 11.5 Å².